The van der Waals surface area contributed by atoms with Gasteiger partial charge in [0.15, 0.2) is 11.5 Å². The van der Waals surface area contributed by atoms with Crippen molar-refractivity contribution in [3.05, 3.63) is 77.9 Å². The molecule has 0 saturated heterocycles. The van der Waals surface area contributed by atoms with E-state index in [-0.39, 0.29) is 24.8 Å². The molecule has 0 fully saturated rings. The number of aromatic nitrogens is 1. The van der Waals surface area contributed by atoms with Gasteiger partial charge in [-0.05, 0) is 54.4 Å². The van der Waals surface area contributed by atoms with Crippen molar-refractivity contribution in [1.29, 1.82) is 0 Å². The molecule has 0 bridgehead atoms. The zero-order valence-electron chi connectivity index (χ0n) is 15.9. The Morgan fingerprint density at radius 3 is 2.73 bits per heavy atom. The number of anilines is 2. The number of nitrogens with one attached hydrogen (secondary N) is 2. The van der Waals surface area contributed by atoms with Crippen LogP contribution in [0.5, 0.6) is 11.5 Å². The highest BCUT2D eigenvalue weighted by atomic mass is 19.1. The molecule has 0 radical (unpaired) electrons. The van der Waals surface area contributed by atoms with E-state index in [0.717, 1.165) is 5.56 Å². The molecular formula is C22H18FN3O4. The van der Waals surface area contributed by atoms with E-state index in [1.807, 2.05) is 6.07 Å². The quantitative estimate of drug-likeness (QED) is 0.649. The first kappa shape index (κ1) is 19.4. The first-order valence-corrected chi connectivity index (χ1v) is 9.28. The summed E-state index contributed by atoms with van der Waals surface area (Å²) in [5, 5.41) is 5.23. The lowest BCUT2D eigenvalue weighted by Gasteiger charge is -2.10. The molecular weight excluding hydrogens is 389 g/mol. The van der Waals surface area contributed by atoms with Gasteiger partial charge in [-0.15, -0.1) is 0 Å². The molecule has 0 aliphatic carbocycles. The maximum atomic E-state index is 14.1. The summed E-state index contributed by atoms with van der Waals surface area (Å²) >= 11 is 0. The van der Waals surface area contributed by atoms with E-state index in [1.165, 1.54) is 18.2 Å². The molecule has 4 rings (SSSR count). The Morgan fingerprint density at radius 2 is 1.90 bits per heavy atom. The first-order chi connectivity index (χ1) is 14.6. The summed E-state index contributed by atoms with van der Waals surface area (Å²) in [7, 11) is 0. The molecule has 2 N–H and O–H groups in total. The molecule has 30 heavy (non-hydrogen) atoms. The predicted octanol–water partition coefficient (Wildman–Crippen LogP) is 3.77. The molecule has 2 aromatic carbocycles. The van der Waals surface area contributed by atoms with Crippen LogP contribution >= 0.6 is 0 Å². The number of rotatable bonds is 6. The molecule has 1 aliphatic rings. The van der Waals surface area contributed by atoms with Crippen molar-refractivity contribution < 1.29 is 23.5 Å². The topological polar surface area (TPSA) is 89.6 Å². The van der Waals surface area contributed by atoms with Gasteiger partial charge in [0.05, 0.1) is 5.69 Å². The number of pyridine rings is 1. The van der Waals surface area contributed by atoms with Crippen LogP contribution in [0.25, 0.3) is 0 Å². The van der Waals surface area contributed by atoms with Gasteiger partial charge >= 0.3 is 0 Å². The van der Waals surface area contributed by atoms with E-state index in [1.54, 1.807) is 36.7 Å². The van der Waals surface area contributed by atoms with Crippen LogP contribution in [0.4, 0.5) is 15.8 Å². The highest BCUT2D eigenvalue weighted by molar-refractivity contribution is 6.05. The molecule has 152 valence electrons. The second-order valence-corrected chi connectivity index (χ2v) is 6.63. The maximum Gasteiger partial charge on any atom is 0.255 e. The van der Waals surface area contributed by atoms with Crippen LogP contribution in [-0.4, -0.2) is 23.6 Å². The molecule has 2 amide bonds. The van der Waals surface area contributed by atoms with Crippen LogP contribution in [0.2, 0.25) is 0 Å². The highest BCUT2D eigenvalue weighted by Gasteiger charge is 2.17. The maximum absolute atomic E-state index is 14.1. The fourth-order valence-corrected chi connectivity index (χ4v) is 2.96. The lowest BCUT2D eigenvalue weighted by atomic mass is 10.1. The van der Waals surface area contributed by atoms with Gasteiger partial charge in [-0.1, -0.05) is 6.07 Å². The number of carbonyl (C=O) groups excluding carboxylic acids is 2. The monoisotopic (exact) mass is 407 g/mol. The van der Waals surface area contributed by atoms with Crippen LogP contribution < -0.4 is 20.1 Å². The summed E-state index contributed by atoms with van der Waals surface area (Å²) in [6, 6.07) is 12.5. The van der Waals surface area contributed by atoms with Gasteiger partial charge in [0, 0.05) is 30.1 Å². The van der Waals surface area contributed by atoms with Crippen molar-refractivity contribution in [3.8, 4) is 11.5 Å². The summed E-state index contributed by atoms with van der Waals surface area (Å²) < 4.78 is 24.6. The van der Waals surface area contributed by atoms with Crippen molar-refractivity contribution in [2.24, 2.45) is 0 Å². The van der Waals surface area contributed by atoms with E-state index >= 15 is 0 Å². The zero-order chi connectivity index (χ0) is 20.9. The fraction of sp³-hybridized carbons (Fsp3) is 0.136. The molecule has 0 unspecified atom stereocenters. The third-order valence-corrected chi connectivity index (χ3v) is 4.50. The Balaban J connectivity index is 1.40. The van der Waals surface area contributed by atoms with Crippen molar-refractivity contribution >= 4 is 23.2 Å². The van der Waals surface area contributed by atoms with E-state index in [2.05, 4.69) is 15.6 Å². The number of halogens is 1. The average Bonchev–Trinajstić information content (AvgIpc) is 3.23. The minimum Gasteiger partial charge on any atom is -0.454 e. The van der Waals surface area contributed by atoms with E-state index in [4.69, 9.17) is 9.47 Å². The van der Waals surface area contributed by atoms with Crippen molar-refractivity contribution in [2.75, 3.05) is 17.4 Å². The molecule has 1 aromatic heterocycles. The number of ether oxygens (including phenoxy) is 2. The molecule has 7 nitrogen and oxygen atoms in total. The molecule has 0 atom stereocenters. The van der Waals surface area contributed by atoms with Gasteiger partial charge in [-0.3, -0.25) is 14.6 Å². The first-order valence-electron chi connectivity index (χ1n) is 9.28. The highest BCUT2D eigenvalue weighted by Crippen LogP contribution is 2.32. The van der Waals surface area contributed by atoms with Crippen LogP contribution in [0, 0.1) is 5.82 Å². The van der Waals surface area contributed by atoms with Gasteiger partial charge in [0.2, 0.25) is 12.7 Å². The number of benzene rings is 2. The van der Waals surface area contributed by atoms with Crippen molar-refractivity contribution in [3.63, 3.8) is 0 Å². The van der Waals surface area contributed by atoms with Gasteiger partial charge in [0.25, 0.3) is 5.91 Å². The van der Waals surface area contributed by atoms with E-state index in [0.29, 0.717) is 29.2 Å². The lowest BCUT2D eigenvalue weighted by molar-refractivity contribution is -0.116. The summed E-state index contributed by atoms with van der Waals surface area (Å²) in [4.78, 5) is 28.7. The van der Waals surface area contributed by atoms with Crippen LogP contribution in [0.15, 0.2) is 60.9 Å². The number of nitrogens with zero attached hydrogens (tertiary/aromatic N) is 1. The smallest absolute Gasteiger partial charge is 0.255 e. The predicted molar refractivity (Wildman–Crippen MR) is 108 cm³/mol. The number of carbonyl (C=O) groups is 2. The third kappa shape index (κ3) is 4.54. The Morgan fingerprint density at radius 1 is 1.03 bits per heavy atom. The number of fused-ring (bicyclic) bond motifs is 1. The minimum absolute atomic E-state index is 0.00493. The van der Waals surface area contributed by atoms with E-state index < -0.39 is 11.7 Å². The molecule has 8 heteroatoms. The molecule has 1 aliphatic heterocycles. The number of hydrogen-bond donors (Lipinski definition) is 2. The third-order valence-electron chi connectivity index (χ3n) is 4.50. The van der Waals surface area contributed by atoms with Crippen molar-refractivity contribution in [2.45, 2.75) is 12.8 Å². The van der Waals surface area contributed by atoms with Gasteiger partial charge in [-0.2, -0.15) is 0 Å². The fourth-order valence-electron chi connectivity index (χ4n) is 2.96. The SMILES string of the molecule is O=C(CCc1cccnc1)Nc1cc(NC(=O)c2ccc3c(c2)OCO3)ccc1F. The van der Waals surface area contributed by atoms with Crippen LogP contribution in [-0.2, 0) is 11.2 Å². The van der Waals surface area contributed by atoms with Gasteiger partial charge in [-0.25, -0.2) is 4.39 Å². The Kier molecular flexibility index (Phi) is 5.56. The normalized spacial score (nSPS) is 11.8. The summed E-state index contributed by atoms with van der Waals surface area (Å²) in [6.45, 7) is 0.113. The summed E-state index contributed by atoms with van der Waals surface area (Å²) in [5.41, 5.74) is 1.62. The average molecular weight is 407 g/mol. The van der Waals surface area contributed by atoms with Crippen molar-refractivity contribution in [1.82, 2.24) is 4.98 Å². The van der Waals surface area contributed by atoms with E-state index in [9.17, 15) is 14.0 Å². The summed E-state index contributed by atoms with van der Waals surface area (Å²) in [6.07, 6.45) is 4.00. The van der Waals surface area contributed by atoms with Crippen LogP contribution in [0.1, 0.15) is 22.3 Å². The summed E-state index contributed by atoms with van der Waals surface area (Å²) in [5.74, 6) is -0.260. The standard InChI is InChI=1S/C22H18FN3O4/c23-17-6-5-16(25-22(28)15-4-7-19-20(10-15)30-13-29-19)11-18(17)26-21(27)8-3-14-2-1-9-24-12-14/h1-2,4-7,9-12H,3,8,13H2,(H,25,28)(H,26,27). The minimum atomic E-state index is -0.592. The van der Waals surface area contributed by atoms with Gasteiger partial charge in [0.1, 0.15) is 5.82 Å². The Labute approximate surface area is 171 Å². The Bertz CT molecular complexity index is 1090. The molecule has 0 saturated carbocycles. The molecule has 0 spiro atoms. The number of amides is 2. The molecule has 2 heterocycles. The second-order valence-electron chi connectivity index (χ2n) is 6.63. The van der Waals surface area contributed by atoms with Crippen LogP contribution in [0.3, 0.4) is 0 Å². The number of hydrogen-bond acceptors (Lipinski definition) is 5. The lowest BCUT2D eigenvalue weighted by Crippen LogP contribution is -2.15. The second kappa shape index (κ2) is 8.60. The molecule has 3 aromatic rings. The Hall–Kier alpha value is -3.94. The zero-order valence-corrected chi connectivity index (χ0v) is 15.9. The number of aryl methyl sites for hydroxylation is 1. The largest absolute Gasteiger partial charge is 0.454 e. The van der Waals surface area contributed by atoms with Gasteiger partial charge < -0.3 is 20.1 Å².